The van der Waals surface area contributed by atoms with E-state index < -0.39 is 17.7 Å². The van der Waals surface area contributed by atoms with Gasteiger partial charge in [0.1, 0.15) is 0 Å². The van der Waals surface area contributed by atoms with Crippen LogP contribution in [0.2, 0.25) is 0 Å². The summed E-state index contributed by atoms with van der Waals surface area (Å²) >= 11 is 3.06. The van der Waals surface area contributed by atoms with E-state index in [2.05, 4.69) is 15.9 Å². The molecular formula is C9H7BrF2N2. The van der Waals surface area contributed by atoms with Gasteiger partial charge in [-0.2, -0.15) is 5.26 Å². The molecule has 0 spiro atoms. The maximum atomic E-state index is 12.8. The monoisotopic (exact) mass is 260 g/mol. The first-order chi connectivity index (χ1) is 6.56. The fraction of sp³-hybridized carbons (Fsp3) is 0.222. The largest absolute Gasteiger partial charge is 0.323 e. The second-order valence-electron chi connectivity index (χ2n) is 2.76. The number of hydrogen-bond acceptors (Lipinski definition) is 2. The van der Waals surface area contributed by atoms with Gasteiger partial charge < -0.3 is 5.73 Å². The van der Waals surface area contributed by atoms with Crippen molar-refractivity contribution >= 4 is 15.9 Å². The summed E-state index contributed by atoms with van der Waals surface area (Å²) in [6.07, 6.45) is 0.0592. The molecule has 0 saturated carbocycles. The number of benzene rings is 1. The van der Waals surface area contributed by atoms with Crippen LogP contribution >= 0.6 is 15.9 Å². The van der Waals surface area contributed by atoms with Crippen LogP contribution in [-0.4, -0.2) is 0 Å². The first kappa shape index (κ1) is 11.1. The summed E-state index contributed by atoms with van der Waals surface area (Å²) in [6.45, 7) is 0. The standard InChI is InChI=1S/C9H7BrF2N2/c10-6-4-8(12)7(11)3-5(6)9(14)1-2-13/h3-4,9H,1,14H2/t9-/m0/s1. The summed E-state index contributed by atoms with van der Waals surface area (Å²) in [4.78, 5) is 0. The lowest BCUT2D eigenvalue weighted by molar-refractivity contribution is 0.504. The van der Waals surface area contributed by atoms with E-state index in [0.29, 0.717) is 10.0 Å². The van der Waals surface area contributed by atoms with Crippen molar-refractivity contribution in [3.63, 3.8) is 0 Å². The van der Waals surface area contributed by atoms with Crippen LogP contribution in [0.1, 0.15) is 18.0 Å². The molecule has 1 rings (SSSR count). The highest BCUT2D eigenvalue weighted by Gasteiger charge is 2.13. The van der Waals surface area contributed by atoms with E-state index in [9.17, 15) is 8.78 Å². The molecule has 74 valence electrons. The fourth-order valence-electron chi connectivity index (χ4n) is 1.03. The van der Waals surface area contributed by atoms with Crippen molar-refractivity contribution < 1.29 is 8.78 Å². The summed E-state index contributed by atoms with van der Waals surface area (Å²) in [5, 5.41) is 8.40. The topological polar surface area (TPSA) is 49.8 Å². The zero-order chi connectivity index (χ0) is 10.7. The van der Waals surface area contributed by atoms with Gasteiger partial charge in [0.05, 0.1) is 12.5 Å². The van der Waals surface area contributed by atoms with Crippen molar-refractivity contribution in [2.75, 3.05) is 0 Å². The van der Waals surface area contributed by atoms with Crippen LogP contribution in [0.5, 0.6) is 0 Å². The molecule has 0 aromatic heterocycles. The Morgan fingerprint density at radius 2 is 2.00 bits per heavy atom. The third kappa shape index (κ3) is 2.28. The van der Waals surface area contributed by atoms with Crippen molar-refractivity contribution in [3.8, 4) is 6.07 Å². The molecule has 0 heterocycles. The Bertz CT molecular complexity index is 387. The van der Waals surface area contributed by atoms with E-state index in [1.165, 1.54) is 0 Å². The number of halogens is 3. The van der Waals surface area contributed by atoms with E-state index in [4.69, 9.17) is 11.0 Å². The molecule has 0 radical (unpaired) electrons. The molecule has 2 nitrogen and oxygen atoms in total. The van der Waals surface area contributed by atoms with Gasteiger partial charge in [-0.25, -0.2) is 8.78 Å². The van der Waals surface area contributed by atoms with E-state index in [-0.39, 0.29) is 6.42 Å². The molecule has 0 bridgehead atoms. The van der Waals surface area contributed by atoms with Crippen LogP contribution in [0, 0.1) is 23.0 Å². The summed E-state index contributed by atoms with van der Waals surface area (Å²) in [5.74, 6) is -1.90. The minimum absolute atomic E-state index is 0.0592. The van der Waals surface area contributed by atoms with Crippen molar-refractivity contribution in [1.29, 1.82) is 5.26 Å². The van der Waals surface area contributed by atoms with Crippen LogP contribution in [0.4, 0.5) is 8.78 Å². The van der Waals surface area contributed by atoms with Gasteiger partial charge in [0.25, 0.3) is 0 Å². The lowest BCUT2D eigenvalue weighted by Crippen LogP contribution is -2.10. The average molecular weight is 261 g/mol. The van der Waals surface area contributed by atoms with E-state index in [1.807, 2.05) is 6.07 Å². The number of nitriles is 1. The van der Waals surface area contributed by atoms with Crippen LogP contribution in [0.15, 0.2) is 16.6 Å². The van der Waals surface area contributed by atoms with Gasteiger partial charge in [-0.15, -0.1) is 0 Å². The molecule has 5 heteroatoms. The average Bonchev–Trinajstić information content (AvgIpc) is 2.11. The smallest absolute Gasteiger partial charge is 0.159 e. The molecule has 14 heavy (non-hydrogen) atoms. The maximum absolute atomic E-state index is 12.8. The predicted molar refractivity (Wildman–Crippen MR) is 51.2 cm³/mol. The van der Waals surface area contributed by atoms with Crippen molar-refractivity contribution in [3.05, 3.63) is 33.8 Å². The molecule has 0 saturated heterocycles. The third-order valence-electron chi connectivity index (χ3n) is 1.75. The molecule has 0 aliphatic rings. The Labute approximate surface area is 88.5 Å². The van der Waals surface area contributed by atoms with Crippen molar-refractivity contribution in [2.24, 2.45) is 5.73 Å². The minimum atomic E-state index is -0.961. The van der Waals surface area contributed by atoms with Crippen LogP contribution in [-0.2, 0) is 0 Å². The number of nitrogens with zero attached hydrogens (tertiary/aromatic N) is 1. The maximum Gasteiger partial charge on any atom is 0.159 e. The first-order valence-corrected chi connectivity index (χ1v) is 4.62. The third-order valence-corrected chi connectivity index (χ3v) is 2.44. The van der Waals surface area contributed by atoms with E-state index >= 15 is 0 Å². The van der Waals surface area contributed by atoms with E-state index in [0.717, 1.165) is 12.1 Å². The second-order valence-corrected chi connectivity index (χ2v) is 3.61. The molecule has 0 unspecified atom stereocenters. The molecule has 0 aliphatic carbocycles. The van der Waals surface area contributed by atoms with Gasteiger partial charge in [0.15, 0.2) is 11.6 Å². The predicted octanol–water partition coefficient (Wildman–Crippen LogP) is 2.64. The number of hydrogen-bond donors (Lipinski definition) is 1. The Morgan fingerprint density at radius 3 is 2.57 bits per heavy atom. The van der Waals surface area contributed by atoms with Gasteiger partial charge in [-0.3, -0.25) is 0 Å². The number of rotatable bonds is 2. The zero-order valence-electron chi connectivity index (χ0n) is 7.10. The van der Waals surface area contributed by atoms with Crippen molar-refractivity contribution in [1.82, 2.24) is 0 Å². The molecule has 1 aromatic rings. The highest BCUT2D eigenvalue weighted by molar-refractivity contribution is 9.10. The Morgan fingerprint density at radius 1 is 1.43 bits per heavy atom. The Balaban J connectivity index is 3.10. The first-order valence-electron chi connectivity index (χ1n) is 3.83. The zero-order valence-corrected chi connectivity index (χ0v) is 8.68. The van der Waals surface area contributed by atoms with Gasteiger partial charge in [-0.05, 0) is 17.7 Å². The van der Waals surface area contributed by atoms with Gasteiger partial charge in [0, 0.05) is 10.5 Å². The highest BCUT2D eigenvalue weighted by Crippen LogP contribution is 2.26. The molecule has 0 aliphatic heterocycles. The van der Waals surface area contributed by atoms with Crippen molar-refractivity contribution in [2.45, 2.75) is 12.5 Å². The summed E-state index contributed by atoms with van der Waals surface area (Å²) in [6, 6.07) is 3.26. The Kier molecular flexibility index (Phi) is 3.55. The molecule has 0 amide bonds. The quantitative estimate of drug-likeness (QED) is 0.832. The summed E-state index contributed by atoms with van der Waals surface area (Å²) < 4.78 is 25.9. The fourth-order valence-corrected chi connectivity index (χ4v) is 1.64. The normalized spacial score (nSPS) is 12.2. The molecule has 1 atom stereocenters. The van der Waals surface area contributed by atoms with Gasteiger partial charge in [0.2, 0.25) is 0 Å². The minimum Gasteiger partial charge on any atom is -0.323 e. The highest BCUT2D eigenvalue weighted by atomic mass is 79.9. The molecule has 0 fully saturated rings. The van der Waals surface area contributed by atoms with Crippen LogP contribution in [0.3, 0.4) is 0 Å². The molecule has 2 N–H and O–H groups in total. The Hall–Kier alpha value is -0.990. The van der Waals surface area contributed by atoms with Gasteiger partial charge >= 0.3 is 0 Å². The second kappa shape index (κ2) is 4.49. The van der Waals surface area contributed by atoms with Crippen LogP contribution in [0.25, 0.3) is 0 Å². The van der Waals surface area contributed by atoms with Crippen LogP contribution < -0.4 is 5.73 Å². The molecular weight excluding hydrogens is 254 g/mol. The molecule has 1 aromatic carbocycles. The van der Waals surface area contributed by atoms with Gasteiger partial charge in [-0.1, -0.05) is 15.9 Å². The summed E-state index contributed by atoms with van der Waals surface area (Å²) in [5.41, 5.74) is 5.98. The number of nitrogens with two attached hydrogens (primary N) is 1. The lowest BCUT2D eigenvalue weighted by Gasteiger charge is -2.10. The SMILES string of the molecule is N#CC[C@H](N)c1cc(F)c(F)cc1Br. The summed E-state index contributed by atoms with van der Waals surface area (Å²) in [7, 11) is 0. The van der Waals surface area contributed by atoms with E-state index in [1.54, 1.807) is 0 Å². The lowest BCUT2D eigenvalue weighted by atomic mass is 10.1.